The molecule has 0 unspecified atom stereocenters. The lowest BCUT2D eigenvalue weighted by molar-refractivity contribution is 0.481. The molecule has 3 rings (SSSR count). The molecule has 0 saturated heterocycles. The standard InChI is InChI=1S/C17H12ClFOS/c18-12-6-5-11(15(19)9-12)10-21-17-8-7-16(20)13-3-1-2-4-14(13)17/h1-9,20H,10H2. The summed E-state index contributed by atoms with van der Waals surface area (Å²) in [6.45, 7) is 0. The van der Waals surface area contributed by atoms with Crippen molar-refractivity contribution in [1.82, 2.24) is 0 Å². The van der Waals surface area contributed by atoms with E-state index in [1.165, 1.54) is 17.8 Å². The summed E-state index contributed by atoms with van der Waals surface area (Å²) in [6.07, 6.45) is 0. The minimum absolute atomic E-state index is 0.257. The van der Waals surface area contributed by atoms with Crippen molar-refractivity contribution in [3.63, 3.8) is 0 Å². The van der Waals surface area contributed by atoms with E-state index in [1.807, 2.05) is 30.3 Å². The molecular formula is C17H12ClFOS. The van der Waals surface area contributed by atoms with Crippen LogP contribution in [0.25, 0.3) is 10.8 Å². The number of thioether (sulfide) groups is 1. The highest BCUT2D eigenvalue weighted by atomic mass is 35.5. The third-order valence-electron chi connectivity index (χ3n) is 3.26. The highest BCUT2D eigenvalue weighted by Crippen LogP contribution is 2.35. The molecule has 3 aromatic rings. The number of fused-ring (bicyclic) bond motifs is 1. The monoisotopic (exact) mass is 318 g/mol. The molecule has 0 aromatic heterocycles. The van der Waals surface area contributed by atoms with E-state index in [9.17, 15) is 9.50 Å². The Bertz CT molecular complexity index is 804. The predicted molar refractivity (Wildman–Crippen MR) is 86.6 cm³/mol. The highest BCUT2D eigenvalue weighted by Gasteiger charge is 2.08. The van der Waals surface area contributed by atoms with Gasteiger partial charge in [-0.25, -0.2) is 4.39 Å². The van der Waals surface area contributed by atoms with Gasteiger partial charge < -0.3 is 5.11 Å². The zero-order chi connectivity index (χ0) is 14.8. The van der Waals surface area contributed by atoms with Gasteiger partial charge in [0.15, 0.2) is 0 Å². The summed E-state index contributed by atoms with van der Waals surface area (Å²) in [5, 5.41) is 12.0. The van der Waals surface area contributed by atoms with Crippen LogP contribution in [0.2, 0.25) is 5.02 Å². The summed E-state index contributed by atoms with van der Waals surface area (Å²) < 4.78 is 13.8. The van der Waals surface area contributed by atoms with Crippen molar-refractivity contribution < 1.29 is 9.50 Å². The Kier molecular flexibility index (Phi) is 4.04. The van der Waals surface area contributed by atoms with Gasteiger partial charge in [0.2, 0.25) is 0 Å². The van der Waals surface area contributed by atoms with E-state index in [0.29, 0.717) is 16.3 Å². The molecule has 0 bridgehead atoms. The van der Waals surface area contributed by atoms with Crippen molar-refractivity contribution in [3.05, 3.63) is 71.0 Å². The van der Waals surface area contributed by atoms with Crippen LogP contribution in [-0.4, -0.2) is 5.11 Å². The van der Waals surface area contributed by atoms with Gasteiger partial charge in [-0.1, -0.05) is 41.9 Å². The van der Waals surface area contributed by atoms with E-state index >= 15 is 0 Å². The number of halogens is 2. The fraction of sp³-hybridized carbons (Fsp3) is 0.0588. The molecule has 0 saturated carbocycles. The molecule has 0 amide bonds. The second kappa shape index (κ2) is 5.96. The maximum absolute atomic E-state index is 13.8. The molecule has 106 valence electrons. The average Bonchev–Trinajstić information content (AvgIpc) is 2.48. The van der Waals surface area contributed by atoms with Crippen molar-refractivity contribution in [3.8, 4) is 5.75 Å². The third kappa shape index (κ3) is 2.99. The van der Waals surface area contributed by atoms with Gasteiger partial charge in [-0.05, 0) is 35.2 Å². The maximum atomic E-state index is 13.8. The normalized spacial score (nSPS) is 11.0. The Hall–Kier alpha value is -1.71. The molecule has 21 heavy (non-hydrogen) atoms. The summed E-state index contributed by atoms with van der Waals surface area (Å²) in [6, 6.07) is 15.9. The van der Waals surface area contributed by atoms with Crippen molar-refractivity contribution >= 4 is 34.1 Å². The van der Waals surface area contributed by atoms with Crippen LogP contribution in [0, 0.1) is 5.82 Å². The number of hydrogen-bond acceptors (Lipinski definition) is 2. The minimum Gasteiger partial charge on any atom is -0.507 e. The number of hydrogen-bond donors (Lipinski definition) is 1. The van der Waals surface area contributed by atoms with Gasteiger partial charge in [0.1, 0.15) is 11.6 Å². The zero-order valence-electron chi connectivity index (χ0n) is 11.0. The van der Waals surface area contributed by atoms with Crippen LogP contribution in [0.15, 0.2) is 59.5 Å². The number of benzene rings is 3. The van der Waals surface area contributed by atoms with E-state index in [4.69, 9.17) is 11.6 Å². The third-order valence-corrected chi connectivity index (χ3v) is 4.62. The Morgan fingerprint density at radius 1 is 1.00 bits per heavy atom. The summed E-state index contributed by atoms with van der Waals surface area (Å²) in [7, 11) is 0. The molecule has 0 spiro atoms. The molecule has 4 heteroatoms. The summed E-state index contributed by atoms with van der Waals surface area (Å²) in [5.74, 6) is 0.475. The number of rotatable bonds is 3. The Morgan fingerprint density at radius 2 is 1.76 bits per heavy atom. The van der Waals surface area contributed by atoms with E-state index in [-0.39, 0.29) is 11.6 Å². The average molecular weight is 319 g/mol. The quantitative estimate of drug-likeness (QED) is 0.631. The smallest absolute Gasteiger partial charge is 0.128 e. The molecule has 0 fully saturated rings. The lowest BCUT2D eigenvalue weighted by Crippen LogP contribution is -1.88. The van der Waals surface area contributed by atoms with E-state index in [1.54, 1.807) is 18.2 Å². The van der Waals surface area contributed by atoms with Gasteiger partial charge in [0.05, 0.1) is 0 Å². The lowest BCUT2D eigenvalue weighted by atomic mass is 10.1. The zero-order valence-corrected chi connectivity index (χ0v) is 12.6. The topological polar surface area (TPSA) is 20.2 Å². The first kappa shape index (κ1) is 14.2. The van der Waals surface area contributed by atoms with Crippen LogP contribution in [0.4, 0.5) is 4.39 Å². The molecular weight excluding hydrogens is 307 g/mol. The molecule has 0 atom stereocenters. The number of phenolic OH excluding ortho intramolecular Hbond substituents is 1. The summed E-state index contributed by atoms with van der Waals surface area (Å²) in [5.41, 5.74) is 0.613. The van der Waals surface area contributed by atoms with E-state index in [0.717, 1.165) is 15.7 Å². The summed E-state index contributed by atoms with van der Waals surface area (Å²) in [4.78, 5) is 1.01. The first-order chi connectivity index (χ1) is 10.1. The number of phenols is 1. The van der Waals surface area contributed by atoms with Crippen LogP contribution in [-0.2, 0) is 5.75 Å². The van der Waals surface area contributed by atoms with Crippen molar-refractivity contribution in [2.75, 3.05) is 0 Å². The molecule has 3 aromatic carbocycles. The van der Waals surface area contributed by atoms with Crippen molar-refractivity contribution in [2.45, 2.75) is 10.6 Å². The fourth-order valence-corrected chi connectivity index (χ4v) is 3.38. The largest absolute Gasteiger partial charge is 0.507 e. The molecule has 0 aliphatic carbocycles. The van der Waals surface area contributed by atoms with Gasteiger partial charge in [0, 0.05) is 21.1 Å². The van der Waals surface area contributed by atoms with Crippen LogP contribution < -0.4 is 0 Å². The summed E-state index contributed by atoms with van der Waals surface area (Å²) >= 11 is 7.29. The molecule has 0 radical (unpaired) electrons. The Morgan fingerprint density at radius 3 is 2.52 bits per heavy atom. The van der Waals surface area contributed by atoms with Crippen LogP contribution in [0.5, 0.6) is 5.75 Å². The predicted octanol–water partition coefficient (Wildman–Crippen LogP) is 5.63. The van der Waals surface area contributed by atoms with Crippen LogP contribution in [0.1, 0.15) is 5.56 Å². The Labute approximate surface area is 131 Å². The van der Waals surface area contributed by atoms with E-state index in [2.05, 4.69) is 0 Å². The first-order valence-electron chi connectivity index (χ1n) is 6.42. The van der Waals surface area contributed by atoms with Crippen molar-refractivity contribution in [1.29, 1.82) is 0 Å². The number of aromatic hydroxyl groups is 1. The molecule has 1 N–H and O–H groups in total. The fourth-order valence-electron chi connectivity index (χ4n) is 2.18. The highest BCUT2D eigenvalue weighted by molar-refractivity contribution is 7.98. The second-order valence-corrected chi connectivity index (χ2v) is 6.11. The van der Waals surface area contributed by atoms with Gasteiger partial charge in [-0.2, -0.15) is 0 Å². The lowest BCUT2D eigenvalue weighted by Gasteiger charge is -2.08. The molecule has 0 aliphatic rings. The van der Waals surface area contributed by atoms with Gasteiger partial charge in [-0.15, -0.1) is 11.8 Å². The molecule has 1 nitrogen and oxygen atoms in total. The van der Waals surface area contributed by atoms with Crippen LogP contribution >= 0.6 is 23.4 Å². The Balaban J connectivity index is 1.90. The minimum atomic E-state index is -0.293. The maximum Gasteiger partial charge on any atom is 0.128 e. The van der Waals surface area contributed by atoms with Gasteiger partial charge in [0.25, 0.3) is 0 Å². The first-order valence-corrected chi connectivity index (χ1v) is 7.79. The van der Waals surface area contributed by atoms with Gasteiger partial charge in [-0.3, -0.25) is 0 Å². The van der Waals surface area contributed by atoms with Crippen molar-refractivity contribution in [2.24, 2.45) is 0 Å². The molecule has 0 aliphatic heterocycles. The second-order valence-electron chi connectivity index (χ2n) is 4.65. The van der Waals surface area contributed by atoms with Crippen LogP contribution in [0.3, 0.4) is 0 Å². The molecule has 0 heterocycles. The van der Waals surface area contributed by atoms with E-state index < -0.39 is 0 Å². The van der Waals surface area contributed by atoms with Gasteiger partial charge >= 0.3 is 0 Å². The SMILES string of the molecule is Oc1ccc(SCc2ccc(Cl)cc2F)c2ccccc12.